The van der Waals surface area contributed by atoms with Gasteiger partial charge in [0.05, 0.1) is 10.6 Å². The lowest BCUT2D eigenvalue weighted by molar-refractivity contribution is 0.464. The molecule has 0 unspecified atom stereocenters. The number of benzene rings is 9. The van der Waals surface area contributed by atoms with Gasteiger partial charge in [-0.2, -0.15) is 0 Å². The summed E-state index contributed by atoms with van der Waals surface area (Å²) in [7, 11) is -4.75. The third-order valence-corrected chi connectivity index (χ3v) is 25.5. The highest BCUT2D eigenvalue weighted by atomic mass is 31.2. The van der Waals surface area contributed by atoms with Gasteiger partial charge in [0.1, 0.15) is 28.7 Å². The molecule has 9 rings (SSSR count). The maximum absolute atomic E-state index is 7.62. The van der Waals surface area contributed by atoms with E-state index in [1.54, 1.807) is 0 Å². The summed E-state index contributed by atoms with van der Waals surface area (Å²) in [6.07, 6.45) is 0. The molecule has 0 aliphatic rings. The summed E-state index contributed by atoms with van der Waals surface area (Å²) in [5.41, 5.74) is 21.8. The van der Waals surface area contributed by atoms with Crippen molar-refractivity contribution in [2.45, 2.75) is 296 Å². The largest absolute Gasteiger partial charge is 0.464 e. The van der Waals surface area contributed by atoms with E-state index in [0.29, 0.717) is 0 Å². The summed E-state index contributed by atoms with van der Waals surface area (Å²) in [5, 5.41) is 4.22. The van der Waals surface area contributed by atoms with Gasteiger partial charge in [0.25, 0.3) is 0 Å². The summed E-state index contributed by atoms with van der Waals surface area (Å²) in [6.45, 7) is 79.8. The summed E-state index contributed by atoms with van der Waals surface area (Å²) in [5.74, 6) is 4.37. The Kier molecular flexibility index (Phi) is 24.0. The summed E-state index contributed by atoms with van der Waals surface area (Å²) < 4.78 is 37.2. The van der Waals surface area contributed by atoms with Crippen LogP contribution in [0.1, 0.15) is 291 Å². The Balaban J connectivity index is 1.11. The Labute approximate surface area is 653 Å². The van der Waals surface area contributed by atoms with Gasteiger partial charge < -0.3 is 22.6 Å². The van der Waals surface area contributed by atoms with E-state index in [-0.39, 0.29) is 54.1 Å². The lowest BCUT2D eigenvalue weighted by Crippen LogP contribution is -2.21. The average Bonchev–Trinajstić information content (AvgIpc) is 0.786. The minimum Gasteiger partial charge on any atom is -0.464 e. The smallest absolute Gasteiger partial charge is 0.326 e. The van der Waals surface area contributed by atoms with Crippen LogP contribution in [0.25, 0.3) is 22.3 Å². The van der Waals surface area contributed by atoms with Crippen LogP contribution in [0, 0.1) is 34.6 Å². The molecule has 572 valence electrons. The minimum absolute atomic E-state index is 0.0364. The normalized spacial score (nSPS) is 13.3. The Morgan fingerprint density at radius 3 is 0.486 bits per heavy atom. The average molecular weight is 1490 g/mol. The second kappa shape index (κ2) is 30.5. The van der Waals surface area contributed by atoms with E-state index in [4.69, 9.17) is 22.6 Å². The second-order valence-electron chi connectivity index (χ2n) is 40.8. The Hall–Kier alpha value is -6.73. The first kappa shape index (κ1) is 84.3. The van der Waals surface area contributed by atoms with Crippen LogP contribution in [0.2, 0.25) is 0 Å². The lowest BCUT2D eigenvalue weighted by atomic mass is 9.78. The molecule has 8 heteroatoms. The van der Waals surface area contributed by atoms with Gasteiger partial charge in [-0.1, -0.05) is 311 Å². The molecule has 0 bridgehead atoms. The van der Waals surface area contributed by atoms with Crippen LogP contribution in [0.4, 0.5) is 0 Å². The van der Waals surface area contributed by atoms with Crippen molar-refractivity contribution >= 4 is 46.1 Å². The monoisotopic (exact) mass is 1490 g/mol. The van der Waals surface area contributed by atoms with Gasteiger partial charge in [-0.25, -0.2) is 0 Å². The highest BCUT2D eigenvalue weighted by molar-refractivity contribution is 7.68. The Morgan fingerprint density at radius 1 is 0.178 bits per heavy atom. The van der Waals surface area contributed by atoms with E-state index in [0.717, 1.165) is 72.2 Å². The van der Waals surface area contributed by atoms with Gasteiger partial charge >= 0.3 is 16.8 Å². The quantitative estimate of drug-likeness (QED) is 0.0902. The van der Waals surface area contributed by atoms with Crippen molar-refractivity contribution in [1.82, 2.24) is 0 Å². The third kappa shape index (κ3) is 19.9. The Bertz CT molecular complexity index is 4230. The van der Waals surface area contributed by atoms with Gasteiger partial charge in [0, 0.05) is 38.4 Å². The molecule has 0 radical (unpaired) electrons. The fraction of sp³-hybridized carbons (Fsp3) is 0.455. The van der Waals surface area contributed by atoms with E-state index in [1.807, 2.05) is 0 Å². The summed E-state index contributed by atoms with van der Waals surface area (Å²) in [4.78, 5) is 0. The molecule has 9 aromatic carbocycles. The van der Waals surface area contributed by atoms with Crippen molar-refractivity contribution in [3.63, 3.8) is 0 Å². The number of rotatable bonds is 16. The van der Waals surface area contributed by atoms with E-state index < -0.39 is 24.9 Å². The van der Waals surface area contributed by atoms with Crippen LogP contribution in [-0.2, 0) is 54.1 Å². The van der Waals surface area contributed by atoms with Crippen molar-refractivity contribution in [2.75, 3.05) is 0 Å². The van der Waals surface area contributed by atoms with Gasteiger partial charge in [-0.15, -0.1) is 0 Å². The second-order valence-corrected chi connectivity index (χ2v) is 45.4. The number of aryl methyl sites for hydroxylation is 5. The molecule has 0 heterocycles. The highest BCUT2D eigenvalue weighted by Gasteiger charge is 2.36. The van der Waals surface area contributed by atoms with Gasteiger partial charge in [0.2, 0.25) is 0 Å². The highest BCUT2D eigenvalue weighted by Crippen LogP contribution is 2.53. The lowest BCUT2D eigenvalue weighted by Gasteiger charge is -2.32. The summed E-state index contributed by atoms with van der Waals surface area (Å²) in [6, 6.07) is 59.2. The fourth-order valence-electron chi connectivity index (χ4n) is 14.8. The first-order valence-corrected chi connectivity index (χ1v) is 42.5. The molecule has 0 saturated heterocycles. The molecule has 0 aromatic heterocycles. The van der Waals surface area contributed by atoms with Gasteiger partial charge in [-0.3, -0.25) is 0 Å². The van der Waals surface area contributed by atoms with Crippen LogP contribution in [0.5, 0.6) is 28.7 Å². The third-order valence-electron chi connectivity index (χ3n) is 20.7. The van der Waals surface area contributed by atoms with Crippen molar-refractivity contribution in [1.29, 1.82) is 0 Å². The molecule has 107 heavy (non-hydrogen) atoms. The molecule has 9 aromatic rings. The van der Waals surface area contributed by atoms with Crippen LogP contribution >= 0.6 is 24.9 Å². The van der Waals surface area contributed by atoms with E-state index in [2.05, 4.69) is 400 Å². The van der Waals surface area contributed by atoms with Crippen molar-refractivity contribution in [3.8, 4) is 51.0 Å². The predicted molar refractivity (Wildman–Crippen MR) is 469 cm³/mol. The predicted octanol–water partition coefficient (Wildman–Crippen LogP) is 28.2. The molecule has 0 fully saturated rings. The number of hydrogen-bond acceptors (Lipinski definition) is 5. The minimum atomic E-state index is -1.68. The number of hydrogen-bond donors (Lipinski definition) is 0. The fourth-order valence-corrected chi connectivity index (χ4v) is 19.1. The van der Waals surface area contributed by atoms with Crippen molar-refractivity contribution in [2.24, 2.45) is 0 Å². The van der Waals surface area contributed by atoms with Crippen molar-refractivity contribution < 1.29 is 22.6 Å². The molecule has 0 spiro atoms. The Morgan fingerprint density at radius 2 is 0.327 bits per heavy atom. The zero-order chi connectivity index (χ0) is 79.8. The van der Waals surface area contributed by atoms with E-state index >= 15 is 0 Å². The molecule has 0 amide bonds. The van der Waals surface area contributed by atoms with Crippen molar-refractivity contribution in [3.05, 3.63) is 241 Å². The van der Waals surface area contributed by atoms with Crippen LogP contribution < -0.4 is 43.8 Å². The molecule has 0 saturated carbocycles. The standard InChI is InChI=1S/C99H131O5P3/c1-62-52-85(80(95(21,22)23)57-75(62)90(6,7)8)100-105(71-44-36-67(37-45-71)69-40-48-73(49-41-69)106(101-86-53-63(2)76(91(9,10)11)58-81(86)96(24,25)26)102-87-54-64(3)77(92(12,13)14)59-82(87)97(27,28)29)72-46-38-68(39-47-72)70-42-50-74(51-43-70)107(103-88-55-65(4)78(93(15,16)17)60-83(88)98(30,31)32)104-89-56-66(5)79(94(18,19)20)61-84(89)99(33,34)35/h36-61H,1-35H3. The first-order valence-electron chi connectivity index (χ1n) is 38.9. The SMILES string of the molecule is Cc1cc(OP(Oc2cc(C)c(C(C)(C)C)cc2C(C)(C)C)c2ccc(-c3ccc(P(Oc4cc(C)c(C(C)(C)C)cc4C(C)(C)C)c4ccc(-c5ccc(P(Oc6cc(C)c(C(C)(C)C)cc6C(C)(C)C)Oc6cc(C)c(C(C)(C)C)cc6C(C)(C)C)cc5)cc4)cc3)cc2)c(C(C)(C)C)cc1C(C)(C)C. The summed E-state index contributed by atoms with van der Waals surface area (Å²) >= 11 is 0. The van der Waals surface area contributed by atoms with Gasteiger partial charge in [0.15, 0.2) is 8.15 Å². The topological polar surface area (TPSA) is 46.2 Å². The maximum atomic E-state index is 7.62. The maximum Gasteiger partial charge on any atom is 0.326 e. The first-order chi connectivity index (χ1) is 48.9. The molecule has 0 aliphatic carbocycles. The molecular weight excluding hydrogens is 1360 g/mol. The molecule has 5 nitrogen and oxygen atoms in total. The van der Waals surface area contributed by atoms with Crippen LogP contribution in [0.3, 0.4) is 0 Å². The van der Waals surface area contributed by atoms with E-state index in [1.165, 1.54) is 83.5 Å². The van der Waals surface area contributed by atoms with Crippen LogP contribution in [0.15, 0.2) is 158 Å². The van der Waals surface area contributed by atoms with E-state index in [9.17, 15) is 0 Å². The molecular formula is C99H131O5P3. The zero-order valence-corrected chi connectivity index (χ0v) is 75.1. The molecule has 0 aliphatic heterocycles. The van der Waals surface area contributed by atoms with Gasteiger partial charge in [-0.05, 0) is 221 Å². The molecule has 0 atom stereocenters. The van der Waals surface area contributed by atoms with Crippen LogP contribution in [-0.4, -0.2) is 0 Å². The zero-order valence-electron chi connectivity index (χ0n) is 72.4. The molecule has 0 N–H and O–H groups in total.